The molecule has 0 aromatic heterocycles. The lowest BCUT2D eigenvalue weighted by molar-refractivity contribution is -0.128. The summed E-state index contributed by atoms with van der Waals surface area (Å²) in [5.74, 6) is 0.806. The van der Waals surface area contributed by atoms with E-state index in [4.69, 9.17) is 42.6 Å². The van der Waals surface area contributed by atoms with Crippen molar-refractivity contribution in [3.05, 3.63) is 97.7 Å². The van der Waals surface area contributed by atoms with Crippen LogP contribution < -0.4 is 14.8 Å². The molecule has 7 nitrogen and oxygen atoms in total. The lowest BCUT2D eigenvalue weighted by Gasteiger charge is -2.28. The van der Waals surface area contributed by atoms with Crippen molar-refractivity contribution in [2.24, 2.45) is 0 Å². The van der Waals surface area contributed by atoms with E-state index in [1.165, 1.54) is 12.1 Å². The van der Waals surface area contributed by atoms with Gasteiger partial charge in [-0.2, -0.15) is 0 Å². The number of benzene rings is 3. The summed E-state index contributed by atoms with van der Waals surface area (Å²) >= 11 is 16.0. The van der Waals surface area contributed by atoms with Crippen molar-refractivity contribution in [2.45, 2.75) is 31.8 Å². The van der Waals surface area contributed by atoms with Crippen LogP contribution in [0.2, 0.25) is 10.0 Å². The first-order chi connectivity index (χ1) is 20.3. The number of nitrogens with one attached hydrogen (secondary N) is 1. The number of carbonyl (C=O) groups is 2. The monoisotopic (exact) mass is 678 g/mol. The number of carbonyl (C=O) groups excluding carboxylic acids is 1. The van der Waals surface area contributed by atoms with Gasteiger partial charge in [-0.15, -0.1) is 0 Å². The molecule has 1 fully saturated rings. The van der Waals surface area contributed by atoms with E-state index in [2.05, 4.69) is 21.2 Å². The Morgan fingerprint density at radius 3 is 2.52 bits per heavy atom. The molecule has 11 heteroatoms. The molecule has 5 rings (SSSR count). The zero-order valence-electron chi connectivity index (χ0n) is 22.6. The summed E-state index contributed by atoms with van der Waals surface area (Å²) in [6.07, 6.45) is 2.74. The highest BCUT2D eigenvalue weighted by Gasteiger charge is 2.35. The van der Waals surface area contributed by atoms with E-state index in [0.29, 0.717) is 45.7 Å². The number of halogens is 4. The van der Waals surface area contributed by atoms with E-state index in [-0.39, 0.29) is 30.8 Å². The maximum Gasteiger partial charge on any atom is 0.290 e. The highest BCUT2D eigenvalue weighted by Crippen LogP contribution is 2.35. The Bertz CT molecular complexity index is 1430. The molecule has 1 aliphatic heterocycles. The number of ether oxygens (including phenoxy) is 2. The van der Waals surface area contributed by atoms with Crippen molar-refractivity contribution in [1.82, 2.24) is 10.2 Å². The van der Waals surface area contributed by atoms with Crippen LogP contribution in [0.1, 0.15) is 30.4 Å². The van der Waals surface area contributed by atoms with Gasteiger partial charge >= 0.3 is 0 Å². The molecule has 3 aromatic carbocycles. The number of amides is 1. The van der Waals surface area contributed by atoms with Crippen LogP contribution in [0.3, 0.4) is 0 Å². The third kappa shape index (κ3) is 8.47. The fraction of sp³-hybridized carbons (Fsp3) is 0.290. The topological polar surface area (TPSA) is 88.1 Å². The lowest BCUT2D eigenvalue weighted by Crippen LogP contribution is -2.39. The number of carboxylic acid groups (broad SMARTS) is 1. The second-order valence-electron chi connectivity index (χ2n) is 9.66. The summed E-state index contributed by atoms with van der Waals surface area (Å²) in [6.45, 7) is 2.08. The normalized spacial score (nSPS) is 14.5. The fourth-order valence-corrected chi connectivity index (χ4v) is 5.38. The molecule has 1 amide bonds. The third-order valence-corrected chi connectivity index (χ3v) is 8.32. The fourth-order valence-electron chi connectivity index (χ4n) is 4.64. The van der Waals surface area contributed by atoms with E-state index >= 15 is 0 Å². The van der Waals surface area contributed by atoms with Gasteiger partial charge in [-0.25, -0.2) is 4.39 Å². The van der Waals surface area contributed by atoms with E-state index in [1.807, 2.05) is 41.3 Å². The van der Waals surface area contributed by atoms with E-state index in [0.717, 1.165) is 48.1 Å². The number of hydrogen-bond donors (Lipinski definition) is 2. The Morgan fingerprint density at radius 2 is 1.81 bits per heavy atom. The third-order valence-electron chi connectivity index (χ3n) is 6.80. The molecular weight excluding hydrogens is 650 g/mol. The predicted octanol–water partition coefficient (Wildman–Crippen LogP) is 6.99. The number of rotatable bonds is 10. The van der Waals surface area contributed by atoms with E-state index < -0.39 is 0 Å². The Balaban J connectivity index is 0.00000129. The zero-order valence-corrected chi connectivity index (χ0v) is 25.7. The Kier molecular flexibility index (Phi) is 11.7. The van der Waals surface area contributed by atoms with Gasteiger partial charge in [0.25, 0.3) is 12.4 Å². The summed E-state index contributed by atoms with van der Waals surface area (Å²) in [7, 11) is 0. The molecule has 2 aliphatic rings. The molecule has 0 radical (unpaired) electrons. The largest absolute Gasteiger partial charge is 0.490 e. The van der Waals surface area contributed by atoms with Gasteiger partial charge in [-0.05, 0) is 88.8 Å². The zero-order chi connectivity index (χ0) is 30.1. The average molecular weight is 680 g/mol. The van der Waals surface area contributed by atoms with Crippen LogP contribution in [-0.2, 0) is 16.1 Å². The van der Waals surface area contributed by atoms with Crippen molar-refractivity contribution in [1.29, 1.82) is 0 Å². The highest BCUT2D eigenvalue weighted by atomic mass is 79.9. The van der Waals surface area contributed by atoms with Crippen molar-refractivity contribution < 1.29 is 28.6 Å². The van der Waals surface area contributed by atoms with Crippen LogP contribution in [0.5, 0.6) is 11.5 Å². The molecule has 0 unspecified atom stereocenters. The first kappa shape index (κ1) is 31.8. The van der Waals surface area contributed by atoms with Gasteiger partial charge in [0, 0.05) is 30.8 Å². The first-order valence-electron chi connectivity index (χ1n) is 13.4. The van der Waals surface area contributed by atoms with Crippen LogP contribution >= 0.6 is 39.1 Å². The molecule has 0 spiro atoms. The van der Waals surface area contributed by atoms with Gasteiger partial charge in [0.15, 0.2) is 0 Å². The van der Waals surface area contributed by atoms with E-state index in [1.54, 1.807) is 12.1 Å². The van der Waals surface area contributed by atoms with Crippen LogP contribution in [-0.4, -0.2) is 54.7 Å². The van der Waals surface area contributed by atoms with Crippen LogP contribution in [0, 0.1) is 5.82 Å². The predicted molar refractivity (Wildman–Crippen MR) is 165 cm³/mol. The van der Waals surface area contributed by atoms with Gasteiger partial charge in [0.2, 0.25) is 0 Å². The lowest BCUT2D eigenvalue weighted by atomic mass is 9.93. The average Bonchev–Trinajstić information content (AvgIpc) is 3.84. The van der Waals surface area contributed by atoms with Crippen molar-refractivity contribution >= 4 is 57.1 Å². The standard InChI is InChI=1S/C30H28BrCl2FN2O3.CH2O2/c31-26-11-6-21(34)16-28(26)39-15-14-38-23-9-4-19(5-10-23)24-12-13-35-17-25(24)30(37)36(22-7-8-22)18-20-2-1-3-27(32)29(20)33;2-1-3/h1-6,9-11,16,22,35H,7-8,12-15,17-18H2;1H,(H,2,3). The molecule has 0 atom stereocenters. The Labute approximate surface area is 262 Å². The van der Waals surface area contributed by atoms with E-state index in [9.17, 15) is 9.18 Å². The van der Waals surface area contributed by atoms with Gasteiger partial charge < -0.3 is 24.8 Å². The van der Waals surface area contributed by atoms with Gasteiger partial charge in [-0.1, -0.05) is 47.5 Å². The maximum absolute atomic E-state index is 13.9. The SMILES string of the molecule is O=C(C1=C(c2ccc(OCCOc3cc(F)ccc3Br)cc2)CCNC1)N(Cc1cccc(Cl)c1Cl)C1CC1.O=CO. The van der Waals surface area contributed by atoms with Gasteiger partial charge in [0.05, 0.1) is 14.5 Å². The second kappa shape index (κ2) is 15.4. The number of nitrogens with zero attached hydrogens (tertiary/aromatic N) is 1. The Morgan fingerprint density at radius 1 is 1.10 bits per heavy atom. The molecule has 1 heterocycles. The van der Waals surface area contributed by atoms with Crippen molar-refractivity contribution in [3.63, 3.8) is 0 Å². The molecule has 2 N–H and O–H groups in total. The second-order valence-corrected chi connectivity index (χ2v) is 11.3. The molecule has 222 valence electrons. The summed E-state index contributed by atoms with van der Waals surface area (Å²) < 4.78 is 25.6. The summed E-state index contributed by atoms with van der Waals surface area (Å²) in [6, 6.07) is 17.8. The summed E-state index contributed by atoms with van der Waals surface area (Å²) in [5.41, 5.74) is 3.69. The van der Waals surface area contributed by atoms with Crippen LogP contribution in [0.4, 0.5) is 4.39 Å². The quantitative estimate of drug-likeness (QED) is 0.177. The molecule has 0 bridgehead atoms. The molecule has 3 aromatic rings. The minimum atomic E-state index is -0.358. The molecule has 0 saturated heterocycles. The van der Waals surface area contributed by atoms with Gasteiger partial charge in [-0.3, -0.25) is 9.59 Å². The summed E-state index contributed by atoms with van der Waals surface area (Å²) in [5, 5.41) is 11.2. The summed E-state index contributed by atoms with van der Waals surface area (Å²) in [4.78, 5) is 24.2. The van der Waals surface area contributed by atoms with Crippen LogP contribution in [0.25, 0.3) is 5.57 Å². The smallest absolute Gasteiger partial charge is 0.290 e. The molecular formula is C31H30BrCl2FN2O5. The molecule has 1 aliphatic carbocycles. The molecule has 1 saturated carbocycles. The number of hydrogen-bond acceptors (Lipinski definition) is 5. The maximum atomic E-state index is 13.9. The minimum absolute atomic E-state index is 0.0386. The Hall–Kier alpha value is -3.11. The minimum Gasteiger partial charge on any atom is -0.490 e. The highest BCUT2D eigenvalue weighted by molar-refractivity contribution is 9.10. The van der Waals surface area contributed by atoms with Gasteiger partial charge in [0.1, 0.15) is 30.5 Å². The van der Waals surface area contributed by atoms with Crippen molar-refractivity contribution in [2.75, 3.05) is 26.3 Å². The van der Waals surface area contributed by atoms with Crippen molar-refractivity contribution in [3.8, 4) is 11.5 Å². The first-order valence-corrected chi connectivity index (χ1v) is 14.9. The molecule has 42 heavy (non-hydrogen) atoms. The van der Waals surface area contributed by atoms with Crippen LogP contribution in [0.15, 0.2) is 70.7 Å².